The van der Waals surface area contributed by atoms with Crippen LogP contribution in [0.1, 0.15) is 19.4 Å². The van der Waals surface area contributed by atoms with Crippen molar-refractivity contribution in [3.63, 3.8) is 0 Å². The molecule has 2 N–H and O–H groups in total. The van der Waals surface area contributed by atoms with E-state index in [4.69, 9.17) is 11.6 Å². The Balaban J connectivity index is 2.38. The smallest absolute Gasteiger partial charge is 0.0971 e. The van der Waals surface area contributed by atoms with Crippen molar-refractivity contribution in [1.29, 1.82) is 0 Å². The number of rotatable bonds is 1. The Kier molecular flexibility index (Phi) is 3.24. The van der Waals surface area contributed by atoms with Crippen molar-refractivity contribution in [1.82, 2.24) is 5.32 Å². The number of halogens is 1. The summed E-state index contributed by atoms with van der Waals surface area (Å²) in [7, 11) is 0. The molecule has 3 atom stereocenters. The summed E-state index contributed by atoms with van der Waals surface area (Å²) >= 11 is 5.87. The second-order valence-corrected chi connectivity index (χ2v) is 5.23. The maximum atomic E-state index is 10.9. The molecule has 1 aliphatic rings. The van der Waals surface area contributed by atoms with Gasteiger partial charge < -0.3 is 10.4 Å². The van der Waals surface area contributed by atoms with Crippen molar-refractivity contribution >= 4 is 11.6 Å². The van der Waals surface area contributed by atoms with Crippen LogP contribution in [-0.2, 0) is 5.60 Å². The molecule has 1 aromatic rings. The molecule has 2 rings (SSSR count). The molecule has 0 aromatic heterocycles. The molecular formula is C13H18ClNO. The van der Waals surface area contributed by atoms with Gasteiger partial charge in [-0.1, -0.05) is 37.6 Å². The lowest BCUT2D eigenvalue weighted by molar-refractivity contribution is -0.0806. The van der Waals surface area contributed by atoms with Crippen molar-refractivity contribution in [2.45, 2.75) is 19.4 Å². The largest absolute Gasteiger partial charge is 0.385 e. The van der Waals surface area contributed by atoms with E-state index in [1.807, 2.05) is 24.3 Å². The second-order valence-electron chi connectivity index (χ2n) is 4.79. The molecule has 0 unspecified atom stereocenters. The molecule has 0 spiro atoms. The van der Waals surface area contributed by atoms with Crippen LogP contribution in [0.25, 0.3) is 0 Å². The van der Waals surface area contributed by atoms with Gasteiger partial charge >= 0.3 is 0 Å². The van der Waals surface area contributed by atoms with Gasteiger partial charge in [0, 0.05) is 29.9 Å². The first-order valence-electron chi connectivity index (χ1n) is 5.74. The van der Waals surface area contributed by atoms with Crippen LogP contribution < -0.4 is 5.32 Å². The van der Waals surface area contributed by atoms with E-state index in [0.717, 1.165) is 18.7 Å². The normalized spacial score (nSPS) is 35.0. The molecule has 1 heterocycles. The lowest BCUT2D eigenvalue weighted by Crippen LogP contribution is -2.52. The Hall–Kier alpha value is -0.570. The molecule has 0 aliphatic carbocycles. The van der Waals surface area contributed by atoms with E-state index in [9.17, 15) is 5.11 Å². The van der Waals surface area contributed by atoms with Gasteiger partial charge in [-0.3, -0.25) is 0 Å². The quantitative estimate of drug-likeness (QED) is 0.789. The summed E-state index contributed by atoms with van der Waals surface area (Å²) in [6.07, 6.45) is 0. The highest BCUT2D eigenvalue weighted by atomic mass is 35.5. The Morgan fingerprint density at radius 2 is 1.69 bits per heavy atom. The molecule has 3 heteroatoms. The predicted molar refractivity (Wildman–Crippen MR) is 66.5 cm³/mol. The zero-order chi connectivity index (χ0) is 11.8. The average Bonchev–Trinajstić information content (AvgIpc) is 2.27. The summed E-state index contributed by atoms with van der Waals surface area (Å²) in [4.78, 5) is 0. The van der Waals surface area contributed by atoms with Crippen molar-refractivity contribution < 1.29 is 5.11 Å². The predicted octanol–water partition coefficient (Wildman–Crippen LogP) is 2.40. The van der Waals surface area contributed by atoms with E-state index in [2.05, 4.69) is 19.2 Å². The Bertz CT molecular complexity index is 353. The number of piperidine rings is 1. The third-order valence-electron chi connectivity index (χ3n) is 3.71. The van der Waals surface area contributed by atoms with Gasteiger partial charge in [0.15, 0.2) is 0 Å². The maximum Gasteiger partial charge on any atom is 0.0971 e. The number of hydrogen-bond acceptors (Lipinski definition) is 2. The minimum absolute atomic E-state index is 0.206. The number of benzene rings is 1. The number of hydrogen-bond donors (Lipinski definition) is 2. The molecule has 1 fully saturated rings. The van der Waals surface area contributed by atoms with Crippen molar-refractivity contribution in [3.8, 4) is 0 Å². The van der Waals surface area contributed by atoms with Crippen LogP contribution in [0.4, 0.5) is 0 Å². The summed E-state index contributed by atoms with van der Waals surface area (Å²) in [5.74, 6) is 0.412. The molecule has 0 amide bonds. The third-order valence-corrected chi connectivity index (χ3v) is 3.96. The standard InChI is InChI=1S/C13H18ClNO/c1-9-7-15-8-10(2)13(9,16)11-3-5-12(14)6-4-11/h3-6,9-10,15-16H,7-8H2,1-2H3/t9-,10+,13-. The lowest BCUT2D eigenvalue weighted by Gasteiger charge is -2.44. The first-order valence-corrected chi connectivity index (χ1v) is 6.12. The zero-order valence-corrected chi connectivity index (χ0v) is 10.5. The lowest BCUT2D eigenvalue weighted by atomic mass is 9.71. The van der Waals surface area contributed by atoms with E-state index in [-0.39, 0.29) is 11.8 Å². The molecule has 0 saturated carbocycles. The van der Waals surface area contributed by atoms with Gasteiger partial charge in [0.05, 0.1) is 5.60 Å². The van der Waals surface area contributed by atoms with Crippen LogP contribution in [0.5, 0.6) is 0 Å². The minimum atomic E-state index is -0.740. The molecule has 0 radical (unpaired) electrons. The Morgan fingerprint density at radius 1 is 1.19 bits per heavy atom. The summed E-state index contributed by atoms with van der Waals surface area (Å²) < 4.78 is 0. The van der Waals surface area contributed by atoms with Crippen LogP contribution in [0.15, 0.2) is 24.3 Å². The summed E-state index contributed by atoms with van der Waals surface area (Å²) in [6.45, 7) is 5.86. The summed E-state index contributed by atoms with van der Waals surface area (Å²) in [6, 6.07) is 7.55. The maximum absolute atomic E-state index is 10.9. The summed E-state index contributed by atoms with van der Waals surface area (Å²) in [5.41, 5.74) is 0.231. The van der Waals surface area contributed by atoms with Gasteiger partial charge in [-0.2, -0.15) is 0 Å². The number of nitrogens with one attached hydrogen (secondary N) is 1. The first kappa shape index (κ1) is 11.9. The molecule has 1 saturated heterocycles. The molecule has 88 valence electrons. The van der Waals surface area contributed by atoms with E-state index in [1.165, 1.54) is 0 Å². The van der Waals surface area contributed by atoms with Crippen molar-refractivity contribution in [2.75, 3.05) is 13.1 Å². The molecule has 2 nitrogen and oxygen atoms in total. The van der Waals surface area contributed by atoms with E-state index < -0.39 is 5.60 Å². The minimum Gasteiger partial charge on any atom is -0.385 e. The molecule has 1 aromatic carbocycles. The average molecular weight is 240 g/mol. The Labute approximate surface area is 102 Å². The second kappa shape index (κ2) is 4.36. The van der Waals surface area contributed by atoms with Gasteiger partial charge in [0.25, 0.3) is 0 Å². The van der Waals surface area contributed by atoms with Crippen LogP contribution in [0.2, 0.25) is 5.02 Å². The fourth-order valence-electron chi connectivity index (χ4n) is 2.60. The SMILES string of the molecule is C[C@@H]1CNC[C@H](C)[C@@]1(O)c1ccc(Cl)cc1. The highest BCUT2D eigenvalue weighted by Crippen LogP contribution is 2.39. The van der Waals surface area contributed by atoms with Crippen LogP contribution >= 0.6 is 11.6 Å². The van der Waals surface area contributed by atoms with Crippen LogP contribution in [-0.4, -0.2) is 18.2 Å². The monoisotopic (exact) mass is 239 g/mol. The van der Waals surface area contributed by atoms with Gasteiger partial charge in [0.2, 0.25) is 0 Å². The highest BCUT2D eigenvalue weighted by molar-refractivity contribution is 6.30. The molecular weight excluding hydrogens is 222 g/mol. The topological polar surface area (TPSA) is 32.3 Å². The van der Waals surface area contributed by atoms with Gasteiger partial charge in [-0.15, -0.1) is 0 Å². The van der Waals surface area contributed by atoms with Crippen molar-refractivity contribution in [3.05, 3.63) is 34.9 Å². The fourth-order valence-corrected chi connectivity index (χ4v) is 2.73. The van der Waals surface area contributed by atoms with Crippen LogP contribution in [0.3, 0.4) is 0 Å². The van der Waals surface area contributed by atoms with E-state index in [1.54, 1.807) is 0 Å². The third kappa shape index (κ3) is 1.86. The van der Waals surface area contributed by atoms with Gasteiger partial charge in [-0.25, -0.2) is 0 Å². The Morgan fingerprint density at radius 3 is 2.19 bits per heavy atom. The van der Waals surface area contributed by atoms with E-state index in [0.29, 0.717) is 5.02 Å². The highest BCUT2D eigenvalue weighted by Gasteiger charge is 2.43. The zero-order valence-electron chi connectivity index (χ0n) is 9.70. The van der Waals surface area contributed by atoms with E-state index >= 15 is 0 Å². The molecule has 0 bridgehead atoms. The van der Waals surface area contributed by atoms with Crippen LogP contribution in [0, 0.1) is 11.8 Å². The first-order chi connectivity index (χ1) is 7.55. The van der Waals surface area contributed by atoms with Crippen molar-refractivity contribution in [2.24, 2.45) is 11.8 Å². The van der Waals surface area contributed by atoms with Gasteiger partial charge in [0.1, 0.15) is 0 Å². The summed E-state index contributed by atoms with van der Waals surface area (Å²) in [5, 5.41) is 14.9. The number of aliphatic hydroxyl groups is 1. The molecule has 16 heavy (non-hydrogen) atoms. The molecule has 1 aliphatic heterocycles. The van der Waals surface area contributed by atoms with Gasteiger partial charge in [-0.05, 0) is 17.7 Å². The fraction of sp³-hybridized carbons (Fsp3) is 0.538.